The van der Waals surface area contributed by atoms with Gasteiger partial charge < -0.3 is 10.2 Å². The van der Waals surface area contributed by atoms with Crippen LogP contribution >= 0.6 is 23.2 Å². The number of amides is 4. The number of likely N-dealkylation sites (tertiary alicyclic amines) is 1. The highest BCUT2D eigenvalue weighted by Gasteiger charge is 2.76. The molecule has 6 atom stereocenters. The molecular formula is C33H25Cl2FN2O7. The Morgan fingerprint density at radius 1 is 0.933 bits per heavy atom. The molecule has 2 heterocycles. The van der Waals surface area contributed by atoms with Crippen molar-refractivity contribution in [2.24, 2.45) is 17.8 Å². The van der Waals surface area contributed by atoms with Gasteiger partial charge in [-0.15, -0.1) is 23.2 Å². The molecule has 4 aliphatic rings. The van der Waals surface area contributed by atoms with Crippen LogP contribution in [0.25, 0.3) is 10.8 Å². The lowest BCUT2D eigenvalue weighted by Crippen LogP contribution is -2.60. The van der Waals surface area contributed by atoms with Crippen molar-refractivity contribution in [1.29, 1.82) is 0 Å². The van der Waals surface area contributed by atoms with Crippen LogP contribution in [0.2, 0.25) is 0 Å². The molecule has 7 rings (SSSR count). The minimum Gasteiger partial charge on any atom is -0.507 e. The zero-order valence-electron chi connectivity index (χ0n) is 23.5. The molecule has 230 valence electrons. The SMILES string of the molecule is O=C(O)CCN1C(=O)[C@H]2[C@H](CC=C3[C@H]2C[C@@]2(Cl)C(=O)N(c4ccc(F)cc4)C(=O)[C@@]2(Cl)[C@H]3c2ccc3ccccc3c2O)C1=O. The number of carbonyl (C=O) groups is 5. The van der Waals surface area contributed by atoms with Crippen LogP contribution in [-0.2, 0) is 24.0 Å². The molecule has 2 saturated heterocycles. The van der Waals surface area contributed by atoms with Crippen LogP contribution in [-0.4, -0.2) is 61.0 Å². The van der Waals surface area contributed by atoms with Crippen molar-refractivity contribution in [3.05, 3.63) is 83.7 Å². The molecule has 3 aromatic carbocycles. The summed E-state index contributed by atoms with van der Waals surface area (Å²) in [5.74, 6) is -8.65. The van der Waals surface area contributed by atoms with Crippen LogP contribution in [0.5, 0.6) is 5.75 Å². The molecule has 12 heteroatoms. The summed E-state index contributed by atoms with van der Waals surface area (Å²) in [6.45, 7) is -0.307. The number of carboxylic acid groups (broad SMARTS) is 1. The minimum absolute atomic E-state index is 0.0455. The summed E-state index contributed by atoms with van der Waals surface area (Å²) < 4.78 is 13.8. The average Bonchev–Trinajstić information content (AvgIpc) is 3.35. The second kappa shape index (κ2) is 10.1. The molecule has 2 aliphatic carbocycles. The van der Waals surface area contributed by atoms with E-state index in [0.717, 1.165) is 21.9 Å². The second-order valence-electron chi connectivity index (χ2n) is 11.9. The monoisotopic (exact) mass is 650 g/mol. The Hall–Kier alpha value is -4.28. The fourth-order valence-corrected chi connectivity index (χ4v) is 8.67. The number of anilines is 1. The van der Waals surface area contributed by atoms with Crippen LogP contribution in [0.1, 0.15) is 30.7 Å². The van der Waals surface area contributed by atoms with Crippen molar-refractivity contribution in [3.63, 3.8) is 0 Å². The lowest BCUT2D eigenvalue weighted by molar-refractivity contribution is -0.142. The summed E-state index contributed by atoms with van der Waals surface area (Å²) in [4.78, 5) is 64.6. The van der Waals surface area contributed by atoms with E-state index in [1.165, 1.54) is 12.1 Å². The number of rotatable bonds is 5. The number of nitrogens with zero attached hydrogens (tertiary/aromatic N) is 2. The third-order valence-corrected chi connectivity index (χ3v) is 11.2. The first-order chi connectivity index (χ1) is 21.4. The molecule has 1 saturated carbocycles. The van der Waals surface area contributed by atoms with Gasteiger partial charge in [0, 0.05) is 23.4 Å². The van der Waals surface area contributed by atoms with Crippen LogP contribution in [0.4, 0.5) is 10.1 Å². The third-order valence-electron chi connectivity index (χ3n) is 9.78. The van der Waals surface area contributed by atoms with Crippen LogP contribution in [0, 0.1) is 23.6 Å². The van der Waals surface area contributed by atoms with Crippen LogP contribution in [0.15, 0.2) is 72.3 Å². The number of carbonyl (C=O) groups excluding carboxylic acids is 4. The summed E-state index contributed by atoms with van der Waals surface area (Å²) >= 11 is 14.7. The molecular weight excluding hydrogens is 626 g/mol. The van der Waals surface area contributed by atoms with E-state index >= 15 is 0 Å². The van der Waals surface area contributed by atoms with Crippen molar-refractivity contribution in [2.75, 3.05) is 11.4 Å². The Morgan fingerprint density at radius 3 is 2.36 bits per heavy atom. The number of phenols is 1. The number of carboxylic acids is 1. The number of halogens is 3. The number of benzene rings is 3. The summed E-state index contributed by atoms with van der Waals surface area (Å²) in [5, 5.41) is 22.0. The Morgan fingerprint density at radius 2 is 1.64 bits per heavy atom. The highest BCUT2D eigenvalue weighted by atomic mass is 35.5. The van der Waals surface area contributed by atoms with Gasteiger partial charge in [-0.3, -0.25) is 28.9 Å². The van der Waals surface area contributed by atoms with Gasteiger partial charge >= 0.3 is 5.97 Å². The molecule has 0 spiro atoms. The molecule has 3 aromatic rings. The second-order valence-corrected chi connectivity index (χ2v) is 13.2. The molecule has 45 heavy (non-hydrogen) atoms. The van der Waals surface area contributed by atoms with Gasteiger partial charge in [-0.2, -0.15) is 0 Å². The number of aliphatic carboxylic acids is 1. The normalized spacial score (nSPS) is 30.8. The minimum atomic E-state index is -2.19. The first kappa shape index (κ1) is 29.4. The summed E-state index contributed by atoms with van der Waals surface area (Å²) in [6.07, 6.45) is 1.11. The summed E-state index contributed by atoms with van der Waals surface area (Å²) in [6, 6.07) is 15.1. The molecule has 0 radical (unpaired) electrons. The Labute approximate surface area is 265 Å². The number of hydrogen-bond donors (Lipinski definition) is 2. The Kier molecular flexibility index (Phi) is 6.62. The van der Waals surface area contributed by atoms with Gasteiger partial charge in [0.25, 0.3) is 11.8 Å². The number of fused-ring (bicyclic) bond motifs is 5. The smallest absolute Gasteiger partial charge is 0.305 e. The van der Waals surface area contributed by atoms with E-state index < -0.39 is 75.3 Å². The lowest BCUT2D eigenvalue weighted by Gasteiger charge is -2.50. The molecule has 4 amide bonds. The van der Waals surface area contributed by atoms with E-state index in [9.17, 15) is 38.6 Å². The van der Waals surface area contributed by atoms with E-state index in [4.69, 9.17) is 23.2 Å². The van der Waals surface area contributed by atoms with Gasteiger partial charge in [0.1, 0.15) is 11.6 Å². The quantitative estimate of drug-likeness (QED) is 0.232. The standard InChI is InChI=1S/C33H25Cl2FN2O7/c34-32-15-23-20(11-12-21-25(23)29(43)37(28(21)42)14-13-24(39)40)26(22-10-5-16-3-1-2-4-19(16)27(22)41)33(32,35)31(45)38(30(32)44)18-8-6-17(36)7-9-18/h1-11,21,23,25-26,41H,12-15H2,(H,39,40)/t21-,23+,25-,26+,32+,33-/m0/s1. The Balaban J connectivity index is 1.43. The predicted octanol–water partition coefficient (Wildman–Crippen LogP) is 4.72. The van der Waals surface area contributed by atoms with Crippen LogP contribution in [0.3, 0.4) is 0 Å². The third kappa shape index (κ3) is 3.94. The number of aromatic hydroxyl groups is 1. The van der Waals surface area contributed by atoms with Gasteiger partial charge in [0.15, 0.2) is 9.75 Å². The maximum Gasteiger partial charge on any atom is 0.305 e. The summed E-state index contributed by atoms with van der Waals surface area (Å²) in [7, 11) is 0. The maximum atomic E-state index is 14.4. The van der Waals surface area contributed by atoms with E-state index in [0.29, 0.717) is 16.3 Å². The predicted molar refractivity (Wildman–Crippen MR) is 161 cm³/mol. The first-order valence-electron chi connectivity index (χ1n) is 14.4. The van der Waals surface area contributed by atoms with Gasteiger partial charge in [-0.25, -0.2) is 9.29 Å². The molecule has 3 fully saturated rings. The van der Waals surface area contributed by atoms with Gasteiger partial charge in [-0.1, -0.05) is 48.0 Å². The molecule has 0 bridgehead atoms. The van der Waals surface area contributed by atoms with Gasteiger partial charge in [-0.05, 0) is 48.4 Å². The zero-order valence-corrected chi connectivity index (χ0v) is 25.0. The topological polar surface area (TPSA) is 132 Å². The van der Waals surface area contributed by atoms with E-state index in [1.807, 2.05) is 0 Å². The van der Waals surface area contributed by atoms with E-state index in [1.54, 1.807) is 42.5 Å². The zero-order chi connectivity index (χ0) is 32.0. The number of imide groups is 2. The number of allylic oxidation sites excluding steroid dienone is 2. The maximum absolute atomic E-state index is 14.4. The fraction of sp³-hybridized carbons (Fsp3) is 0.303. The van der Waals surface area contributed by atoms with Crippen molar-refractivity contribution in [1.82, 2.24) is 4.90 Å². The first-order valence-corrected chi connectivity index (χ1v) is 15.2. The largest absolute Gasteiger partial charge is 0.507 e. The molecule has 2 aliphatic heterocycles. The van der Waals surface area contributed by atoms with Crippen molar-refractivity contribution in [3.8, 4) is 5.75 Å². The molecule has 0 unspecified atom stereocenters. The highest BCUT2D eigenvalue weighted by molar-refractivity contribution is 6.58. The fourth-order valence-electron chi connectivity index (χ4n) is 7.74. The molecule has 9 nitrogen and oxygen atoms in total. The van der Waals surface area contributed by atoms with Crippen molar-refractivity contribution >= 4 is 69.3 Å². The lowest BCUT2D eigenvalue weighted by atomic mass is 9.56. The number of alkyl halides is 2. The highest BCUT2D eigenvalue weighted by Crippen LogP contribution is 2.66. The van der Waals surface area contributed by atoms with Crippen molar-refractivity contribution < 1.29 is 38.6 Å². The van der Waals surface area contributed by atoms with E-state index in [2.05, 4.69) is 0 Å². The van der Waals surface area contributed by atoms with Crippen molar-refractivity contribution in [2.45, 2.75) is 34.9 Å². The molecule has 0 aromatic heterocycles. The summed E-state index contributed by atoms with van der Waals surface area (Å²) in [5.41, 5.74) is 0.741. The van der Waals surface area contributed by atoms with Gasteiger partial charge in [0.05, 0.1) is 23.9 Å². The van der Waals surface area contributed by atoms with Crippen LogP contribution < -0.4 is 4.90 Å². The number of hydrogen-bond acceptors (Lipinski definition) is 6. The average molecular weight is 651 g/mol. The number of phenolic OH excluding ortho intramolecular Hbond substituents is 1. The molecule has 2 N–H and O–H groups in total. The van der Waals surface area contributed by atoms with Gasteiger partial charge in [0.2, 0.25) is 11.8 Å². The Bertz CT molecular complexity index is 1880. The van der Waals surface area contributed by atoms with E-state index in [-0.39, 0.29) is 36.4 Å².